The van der Waals surface area contributed by atoms with Gasteiger partial charge in [0.2, 0.25) is 0 Å². The maximum atomic E-state index is 14.1. The normalized spacial score (nSPS) is 19.5. The van der Waals surface area contributed by atoms with Crippen LogP contribution in [0.4, 0.5) is 10.1 Å². The van der Waals surface area contributed by atoms with E-state index in [2.05, 4.69) is 24.1 Å². The van der Waals surface area contributed by atoms with E-state index in [1.54, 1.807) is 6.07 Å². The number of hydrogen-bond acceptors (Lipinski definition) is 2. The van der Waals surface area contributed by atoms with Gasteiger partial charge in [0.1, 0.15) is 5.82 Å². The lowest BCUT2D eigenvalue weighted by Crippen LogP contribution is -2.20. The Balaban J connectivity index is 2.01. The van der Waals surface area contributed by atoms with E-state index in [0.29, 0.717) is 5.92 Å². The third-order valence-electron chi connectivity index (χ3n) is 3.53. The van der Waals surface area contributed by atoms with E-state index in [1.165, 1.54) is 6.42 Å². The minimum atomic E-state index is -0.0834. The van der Waals surface area contributed by atoms with Crippen molar-refractivity contribution in [1.29, 1.82) is 0 Å². The smallest absolute Gasteiger partial charge is 0.146 e. The largest absolute Gasteiger partial charge is 0.369 e. The van der Waals surface area contributed by atoms with Gasteiger partial charge in [0.15, 0.2) is 0 Å². The Hall–Kier alpha value is -1.09. The Morgan fingerprint density at radius 1 is 1.44 bits per heavy atom. The Morgan fingerprint density at radius 2 is 2.28 bits per heavy atom. The first kappa shape index (κ1) is 13.3. The lowest BCUT2D eigenvalue weighted by molar-refractivity contribution is 0.612. The summed E-state index contributed by atoms with van der Waals surface area (Å²) >= 11 is 0. The van der Waals surface area contributed by atoms with Crippen molar-refractivity contribution in [2.75, 3.05) is 24.5 Å². The first-order valence-corrected chi connectivity index (χ1v) is 6.94. The molecule has 18 heavy (non-hydrogen) atoms. The van der Waals surface area contributed by atoms with E-state index in [0.717, 1.165) is 43.9 Å². The zero-order chi connectivity index (χ0) is 13.0. The molecule has 1 atom stereocenters. The molecule has 0 aromatic heterocycles. The molecule has 0 amide bonds. The Bertz CT molecular complexity index is 392. The summed E-state index contributed by atoms with van der Waals surface area (Å²) in [5.41, 5.74) is 1.79. The molecule has 1 saturated heterocycles. The van der Waals surface area contributed by atoms with Gasteiger partial charge in [-0.3, -0.25) is 0 Å². The van der Waals surface area contributed by atoms with Gasteiger partial charge < -0.3 is 10.2 Å². The van der Waals surface area contributed by atoms with E-state index < -0.39 is 0 Å². The Morgan fingerprint density at radius 3 is 2.89 bits per heavy atom. The molecular weight excluding hydrogens is 227 g/mol. The van der Waals surface area contributed by atoms with Crippen molar-refractivity contribution >= 4 is 5.69 Å². The highest BCUT2D eigenvalue weighted by molar-refractivity contribution is 5.50. The Labute approximate surface area is 109 Å². The van der Waals surface area contributed by atoms with Gasteiger partial charge in [0, 0.05) is 19.6 Å². The molecule has 0 radical (unpaired) electrons. The molecule has 1 aliphatic heterocycles. The summed E-state index contributed by atoms with van der Waals surface area (Å²) in [5.74, 6) is 0.593. The Kier molecular flexibility index (Phi) is 4.59. The molecule has 0 bridgehead atoms. The highest BCUT2D eigenvalue weighted by Crippen LogP contribution is 2.26. The second kappa shape index (κ2) is 6.19. The third kappa shape index (κ3) is 3.22. The highest BCUT2D eigenvalue weighted by Gasteiger charge is 2.21. The van der Waals surface area contributed by atoms with E-state index in [4.69, 9.17) is 0 Å². The summed E-state index contributed by atoms with van der Waals surface area (Å²) in [6.45, 7) is 8.04. The lowest BCUT2D eigenvalue weighted by Gasteiger charge is -2.19. The molecule has 1 aliphatic rings. The van der Waals surface area contributed by atoms with Gasteiger partial charge in [0.05, 0.1) is 5.69 Å². The van der Waals surface area contributed by atoms with Gasteiger partial charge in [0.25, 0.3) is 0 Å². The van der Waals surface area contributed by atoms with Crippen LogP contribution in [0.1, 0.15) is 32.3 Å². The molecule has 0 saturated carbocycles. The summed E-state index contributed by atoms with van der Waals surface area (Å²) in [5, 5.41) is 3.29. The SMILES string of the molecule is CCCNCc1ccc(N2CCC(C)C2)c(F)c1. The second-order valence-electron chi connectivity index (χ2n) is 5.30. The van der Waals surface area contributed by atoms with Crippen molar-refractivity contribution in [2.45, 2.75) is 33.2 Å². The summed E-state index contributed by atoms with van der Waals surface area (Å²) < 4.78 is 14.1. The number of benzene rings is 1. The van der Waals surface area contributed by atoms with Crippen molar-refractivity contribution in [3.8, 4) is 0 Å². The fourth-order valence-corrected chi connectivity index (χ4v) is 2.48. The molecule has 2 rings (SSSR count). The molecule has 1 aromatic carbocycles. The van der Waals surface area contributed by atoms with Gasteiger partial charge in [-0.25, -0.2) is 4.39 Å². The van der Waals surface area contributed by atoms with Crippen LogP contribution < -0.4 is 10.2 Å². The van der Waals surface area contributed by atoms with Crippen molar-refractivity contribution in [3.05, 3.63) is 29.6 Å². The molecule has 100 valence electrons. The summed E-state index contributed by atoms with van der Waals surface area (Å²) in [4.78, 5) is 2.16. The van der Waals surface area contributed by atoms with Crippen LogP contribution in [0.15, 0.2) is 18.2 Å². The minimum absolute atomic E-state index is 0.0834. The quantitative estimate of drug-likeness (QED) is 0.807. The summed E-state index contributed by atoms with van der Waals surface area (Å²) in [6.07, 6.45) is 2.27. The third-order valence-corrected chi connectivity index (χ3v) is 3.53. The molecule has 1 aromatic rings. The predicted molar refractivity (Wildman–Crippen MR) is 74.4 cm³/mol. The van der Waals surface area contributed by atoms with E-state index >= 15 is 0 Å². The standard InChI is InChI=1S/C15H23FN2/c1-3-7-17-10-13-4-5-15(14(16)9-13)18-8-6-12(2)11-18/h4-5,9,12,17H,3,6-8,10-11H2,1-2H3. The monoisotopic (exact) mass is 250 g/mol. The second-order valence-corrected chi connectivity index (χ2v) is 5.30. The van der Waals surface area contributed by atoms with Crippen LogP contribution in [0, 0.1) is 11.7 Å². The van der Waals surface area contributed by atoms with Crippen molar-refractivity contribution in [3.63, 3.8) is 0 Å². The van der Waals surface area contributed by atoms with Crippen LogP contribution in [-0.4, -0.2) is 19.6 Å². The number of halogens is 1. The highest BCUT2D eigenvalue weighted by atomic mass is 19.1. The van der Waals surface area contributed by atoms with Crippen LogP contribution in [0.3, 0.4) is 0 Å². The molecule has 1 N–H and O–H groups in total. The zero-order valence-corrected chi connectivity index (χ0v) is 11.4. The van der Waals surface area contributed by atoms with E-state index in [-0.39, 0.29) is 5.82 Å². The van der Waals surface area contributed by atoms with Crippen molar-refractivity contribution in [2.24, 2.45) is 5.92 Å². The molecule has 0 spiro atoms. The van der Waals surface area contributed by atoms with Crippen molar-refractivity contribution < 1.29 is 4.39 Å². The first-order valence-electron chi connectivity index (χ1n) is 6.94. The molecule has 2 nitrogen and oxygen atoms in total. The van der Waals surface area contributed by atoms with Crippen LogP contribution in [-0.2, 0) is 6.54 Å². The first-order chi connectivity index (χ1) is 8.70. The zero-order valence-electron chi connectivity index (χ0n) is 11.4. The van der Waals surface area contributed by atoms with E-state index in [9.17, 15) is 4.39 Å². The molecule has 0 aliphatic carbocycles. The summed E-state index contributed by atoms with van der Waals surface area (Å²) in [7, 11) is 0. The molecule has 1 fully saturated rings. The molecular formula is C15H23FN2. The maximum Gasteiger partial charge on any atom is 0.146 e. The molecule has 1 unspecified atom stereocenters. The lowest BCUT2D eigenvalue weighted by atomic mass is 10.1. The molecule has 1 heterocycles. The maximum absolute atomic E-state index is 14.1. The topological polar surface area (TPSA) is 15.3 Å². The van der Waals surface area contributed by atoms with Crippen LogP contribution >= 0.6 is 0 Å². The van der Waals surface area contributed by atoms with Gasteiger partial charge in [-0.15, -0.1) is 0 Å². The van der Waals surface area contributed by atoms with Crippen LogP contribution in [0.5, 0.6) is 0 Å². The van der Waals surface area contributed by atoms with Gasteiger partial charge in [-0.05, 0) is 43.0 Å². The summed E-state index contributed by atoms with van der Waals surface area (Å²) in [6, 6.07) is 5.63. The fraction of sp³-hybridized carbons (Fsp3) is 0.600. The number of nitrogens with zero attached hydrogens (tertiary/aromatic N) is 1. The average Bonchev–Trinajstić information content (AvgIpc) is 2.76. The minimum Gasteiger partial charge on any atom is -0.369 e. The number of anilines is 1. The van der Waals surface area contributed by atoms with Gasteiger partial charge >= 0.3 is 0 Å². The van der Waals surface area contributed by atoms with E-state index in [1.807, 2.05) is 12.1 Å². The van der Waals surface area contributed by atoms with Gasteiger partial charge in [-0.2, -0.15) is 0 Å². The molecule has 3 heteroatoms. The number of rotatable bonds is 5. The van der Waals surface area contributed by atoms with Crippen molar-refractivity contribution in [1.82, 2.24) is 5.32 Å². The van der Waals surface area contributed by atoms with Crippen LogP contribution in [0.2, 0.25) is 0 Å². The number of nitrogens with one attached hydrogen (secondary N) is 1. The van der Waals surface area contributed by atoms with Crippen LogP contribution in [0.25, 0.3) is 0 Å². The fourth-order valence-electron chi connectivity index (χ4n) is 2.48. The van der Waals surface area contributed by atoms with Gasteiger partial charge in [-0.1, -0.05) is 19.9 Å². The number of hydrogen-bond donors (Lipinski definition) is 1. The average molecular weight is 250 g/mol. The predicted octanol–water partition coefficient (Wildman–Crippen LogP) is 3.17.